The van der Waals surface area contributed by atoms with Crippen LogP contribution in [0.15, 0.2) is 35.1 Å². The smallest absolute Gasteiger partial charge is 0.317 e. The van der Waals surface area contributed by atoms with E-state index in [4.69, 9.17) is 4.74 Å². The van der Waals surface area contributed by atoms with Gasteiger partial charge in [-0.1, -0.05) is 18.2 Å². The number of benzene rings is 1. The number of carbonyl (C=O) groups excluding carboxylic acids is 1. The summed E-state index contributed by atoms with van der Waals surface area (Å²) in [6, 6.07) is 10.1. The van der Waals surface area contributed by atoms with Gasteiger partial charge in [-0.15, -0.1) is 0 Å². The van der Waals surface area contributed by atoms with Crippen molar-refractivity contribution in [3.05, 3.63) is 46.2 Å². The first-order chi connectivity index (χ1) is 13.5. The van der Waals surface area contributed by atoms with Gasteiger partial charge in [0.2, 0.25) is 0 Å². The number of aromatic nitrogens is 1. The van der Waals surface area contributed by atoms with Crippen LogP contribution >= 0.6 is 0 Å². The van der Waals surface area contributed by atoms with Crippen LogP contribution in [0.5, 0.6) is 0 Å². The summed E-state index contributed by atoms with van der Waals surface area (Å²) in [4.78, 5) is 29.7. The lowest BCUT2D eigenvalue weighted by Crippen LogP contribution is -2.46. The van der Waals surface area contributed by atoms with Crippen LogP contribution in [0.4, 0.5) is 4.79 Å². The van der Waals surface area contributed by atoms with Crippen molar-refractivity contribution in [3.8, 4) is 0 Å². The summed E-state index contributed by atoms with van der Waals surface area (Å²) >= 11 is 0. The predicted molar refractivity (Wildman–Crippen MR) is 108 cm³/mol. The average molecular weight is 384 g/mol. The molecule has 3 heterocycles. The highest BCUT2D eigenvalue weighted by Gasteiger charge is 2.36. The fourth-order valence-corrected chi connectivity index (χ4v) is 4.38. The van der Waals surface area contributed by atoms with Gasteiger partial charge in [0, 0.05) is 50.9 Å². The highest BCUT2D eigenvalue weighted by atomic mass is 16.5. The molecule has 2 saturated heterocycles. The molecular formula is C21H28N4O3. The summed E-state index contributed by atoms with van der Waals surface area (Å²) in [5.41, 5.74) is 1.43. The molecule has 2 unspecified atom stereocenters. The Morgan fingerprint density at radius 1 is 1.25 bits per heavy atom. The molecule has 2 amide bonds. The first-order valence-corrected chi connectivity index (χ1v) is 9.98. The Balaban J connectivity index is 1.42. The molecule has 2 atom stereocenters. The summed E-state index contributed by atoms with van der Waals surface area (Å²) in [7, 11) is 1.77. The Labute approximate surface area is 164 Å². The van der Waals surface area contributed by atoms with Crippen molar-refractivity contribution in [3.63, 3.8) is 0 Å². The topological polar surface area (TPSA) is 66.8 Å². The van der Waals surface area contributed by atoms with Gasteiger partial charge >= 0.3 is 6.03 Å². The van der Waals surface area contributed by atoms with E-state index in [1.165, 1.54) is 0 Å². The molecular weight excluding hydrogens is 356 g/mol. The number of likely N-dealkylation sites (tertiary alicyclic amines) is 1. The molecule has 1 N–H and O–H groups in total. The van der Waals surface area contributed by atoms with Gasteiger partial charge in [0.1, 0.15) is 0 Å². The van der Waals surface area contributed by atoms with Crippen molar-refractivity contribution < 1.29 is 9.53 Å². The Morgan fingerprint density at radius 3 is 2.79 bits per heavy atom. The predicted octanol–water partition coefficient (Wildman–Crippen LogP) is 1.54. The zero-order valence-electron chi connectivity index (χ0n) is 16.6. The standard InChI is InChI=1S/C21H28N4O3/c1-15-11-18(24-7-9-28-10-8-24)14-25(15)21(27)22-13-17-12-16-5-3-4-6-19(16)23(2)20(17)26/h3-6,12,15,18H,7-11,13-14H2,1-2H3,(H,22,27). The summed E-state index contributed by atoms with van der Waals surface area (Å²) in [5.74, 6) is 0. The maximum Gasteiger partial charge on any atom is 0.317 e. The molecule has 2 fully saturated rings. The van der Waals surface area contributed by atoms with Crippen molar-refractivity contribution >= 4 is 16.9 Å². The van der Waals surface area contributed by atoms with E-state index in [1.807, 2.05) is 35.2 Å². The second kappa shape index (κ2) is 7.93. The third-order valence-electron chi connectivity index (χ3n) is 6.01. The molecule has 150 valence electrons. The fourth-order valence-electron chi connectivity index (χ4n) is 4.38. The zero-order valence-corrected chi connectivity index (χ0v) is 16.6. The largest absolute Gasteiger partial charge is 0.379 e. The molecule has 1 aromatic carbocycles. The van der Waals surface area contributed by atoms with Crippen molar-refractivity contribution in [2.24, 2.45) is 7.05 Å². The number of nitrogens with one attached hydrogen (secondary N) is 1. The number of amides is 2. The molecule has 2 aliphatic heterocycles. The Bertz CT molecular complexity index is 919. The van der Waals surface area contributed by atoms with Gasteiger partial charge in [0.15, 0.2) is 0 Å². The number of nitrogens with zero attached hydrogens (tertiary/aromatic N) is 3. The zero-order chi connectivity index (χ0) is 19.7. The van der Waals surface area contributed by atoms with Gasteiger partial charge in [0.25, 0.3) is 5.56 Å². The van der Waals surface area contributed by atoms with E-state index < -0.39 is 0 Å². The molecule has 0 radical (unpaired) electrons. The van der Waals surface area contributed by atoms with Crippen molar-refractivity contribution in [1.29, 1.82) is 0 Å². The highest BCUT2D eigenvalue weighted by Crippen LogP contribution is 2.23. The maximum absolute atomic E-state index is 12.8. The first-order valence-electron chi connectivity index (χ1n) is 9.98. The monoisotopic (exact) mass is 384 g/mol. The molecule has 4 rings (SSSR count). The van der Waals surface area contributed by atoms with E-state index >= 15 is 0 Å². The van der Waals surface area contributed by atoms with Gasteiger partial charge in [-0.3, -0.25) is 9.69 Å². The minimum atomic E-state index is -0.0986. The van der Waals surface area contributed by atoms with Crippen molar-refractivity contribution in [2.75, 3.05) is 32.8 Å². The van der Waals surface area contributed by atoms with Crippen LogP contribution in [-0.4, -0.2) is 65.3 Å². The summed E-state index contributed by atoms with van der Waals surface area (Å²) in [5, 5.41) is 3.95. The van der Waals surface area contributed by atoms with Gasteiger partial charge < -0.3 is 19.5 Å². The molecule has 2 aromatic rings. The van der Waals surface area contributed by atoms with Gasteiger partial charge in [-0.2, -0.15) is 0 Å². The van der Waals surface area contributed by atoms with Crippen molar-refractivity contribution in [1.82, 2.24) is 19.7 Å². The number of ether oxygens (including phenoxy) is 1. The molecule has 1 aromatic heterocycles. The lowest BCUT2D eigenvalue weighted by atomic mass is 10.1. The van der Waals surface area contributed by atoms with Gasteiger partial charge in [0.05, 0.1) is 18.7 Å². The minimum Gasteiger partial charge on any atom is -0.379 e. The van der Waals surface area contributed by atoms with Gasteiger partial charge in [-0.05, 0) is 30.9 Å². The molecule has 7 heteroatoms. The second-order valence-corrected chi connectivity index (χ2v) is 7.79. The van der Waals surface area contributed by atoms with E-state index in [2.05, 4.69) is 17.1 Å². The van der Waals surface area contributed by atoms with Crippen LogP contribution in [0.2, 0.25) is 0 Å². The third-order valence-corrected chi connectivity index (χ3v) is 6.01. The number of hydrogen-bond donors (Lipinski definition) is 1. The average Bonchev–Trinajstić information content (AvgIpc) is 3.12. The molecule has 0 spiro atoms. The molecule has 0 aliphatic carbocycles. The van der Waals surface area contributed by atoms with Crippen LogP contribution in [0.25, 0.3) is 10.9 Å². The van der Waals surface area contributed by atoms with Crippen LogP contribution in [0.3, 0.4) is 0 Å². The summed E-state index contributed by atoms with van der Waals surface area (Å²) in [6.45, 7) is 6.45. The summed E-state index contributed by atoms with van der Waals surface area (Å²) in [6.07, 6.45) is 0.977. The number of para-hydroxylation sites is 1. The van der Waals surface area contributed by atoms with E-state index in [0.29, 0.717) is 11.6 Å². The normalized spacial score (nSPS) is 23.3. The lowest BCUT2D eigenvalue weighted by molar-refractivity contribution is 0.0190. The fraction of sp³-hybridized carbons (Fsp3) is 0.524. The maximum atomic E-state index is 12.8. The number of hydrogen-bond acceptors (Lipinski definition) is 4. The second-order valence-electron chi connectivity index (χ2n) is 7.79. The highest BCUT2D eigenvalue weighted by molar-refractivity contribution is 5.80. The molecule has 0 saturated carbocycles. The van der Waals surface area contributed by atoms with E-state index in [0.717, 1.165) is 50.2 Å². The number of carbonyl (C=O) groups is 1. The quantitative estimate of drug-likeness (QED) is 0.872. The Kier molecular flexibility index (Phi) is 5.37. The summed E-state index contributed by atoms with van der Waals surface area (Å²) < 4.78 is 7.08. The SMILES string of the molecule is CC1CC(N2CCOCC2)CN1C(=O)NCc1cc2ccccc2n(C)c1=O. The number of morpholine rings is 1. The number of pyridine rings is 1. The number of rotatable bonds is 3. The van der Waals surface area contributed by atoms with E-state index in [-0.39, 0.29) is 24.2 Å². The number of fused-ring (bicyclic) bond motifs is 1. The number of urea groups is 1. The molecule has 28 heavy (non-hydrogen) atoms. The first kappa shape index (κ1) is 19.0. The minimum absolute atomic E-state index is 0.0698. The molecule has 2 aliphatic rings. The Morgan fingerprint density at radius 2 is 2.00 bits per heavy atom. The Hall–Kier alpha value is -2.38. The third kappa shape index (κ3) is 3.64. The molecule has 0 bridgehead atoms. The van der Waals surface area contributed by atoms with Crippen molar-refractivity contribution in [2.45, 2.75) is 32.0 Å². The van der Waals surface area contributed by atoms with E-state index in [9.17, 15) is 9.59 Å². The van der Waals surface area contributed by atoms with E-state index in [1.54, 1.807) is 11.6 Å². The van der Waals surface area contributed by atoms with Gasteiger partial charge in [-0.25, -0.2) is 4.79 Å². The van der Waals surface area contributed by atoms with Crippen LogP contribution in [0.1, 0.15) is 18.9 Å². The lowest BCUT2D eigenvalue weighted by Gasteiger charge is -2.32. The number of aryl methyl sites for hydroxylation is 1. The molecule has 7 nitrogen and oxygen atoms in total. The van der Waals surface area contributed by atoms with Crippen LogP contribution in [0, 0.1) is 0 Å². The van der Waals surface area contributed by atoms with Crippen LogP contribution < -0.4 is 10.9 Å². The van der Waals surface area contributed by atoms with Crippen LogP contribution in [-0.2, 0) is 18.3 Å².